The summed E-state index contributed by atoms with van der Waals surface area (Å²) in [5.74, 6) is 1.42. The number of rotatable bonds is 6. The third kappa shape index (κ3) is 4.21. The van der Waals surface area contributed by atoms with Crippen molar-refractivity contribution in [3.8, 4) is 0 Å². The van der Waals surface area contributed by atoms with Gasteiger partial charge in [-0.15, -0.1) is 16.4 Å². The van der Waals surface area contributed by atoms with Crippen LogP contribution in [0, 0.1) is 19.8 Å². The fourth-order valence-corrected chi connectivity index (χ4v) is 4.97. The molecule has 3 heterocycles. The zero-order valence-corrected chi connectivity index (χ0v) is 18.6. The van der Waals surface area contributed by atoms with Gasteiger partial charge in [0.25, 0.3) is 0 Å². The van der Waals surface area contributed by atoms with Crippen molar-refractivity contribution in [2.45, 2.75) is 40.3 Å². The molecule has 0 spiro atoms. The zero-order valence-electron chi connectivity index (χ0n) is 17.7. The van der Waals surface area contributed by atoms with Crippen molar-refractivity contribution < 1.29 is 0 Å². The molecular weight excluding hydrogens is 380 g/mol. The van der Waals surface area contributed by atoms with E-state index in [-0.39, 0.29) is 6.04 Å². The van der Waals surface area contributed by atoms with Gasteiger partial charge in [-0.05, 0) is 58.8 Å². The largest absolute Gasteiger partial charge is 0.369 e. The first-order valence-electron chi connectivity index (χ1n) is 10.4. The van der Waals surface area contributed by atoms with E-state index in [4.69, 9.17) is 0 Å². The molecule has 0 radical (unpaired) electrons. The van der Waals surface area contributed by atoms with Gasteiger partial charge in [0.2, 0.25) is 0 Å². The van der Waals surface area contributed by atoms with Crippen LogP contribution in [0.1, 0.15) is 41.7 Å². The lowest BCUT2D eigenvalue weighted by Gasteiger charge is -2.41. The fraction of sp³-hybridized carbons (Fsp3) is 0.500. The Morgan fingerprint density at radius 1 is 1.03 bits per heavy atom. The fourth-order valence-electron chi connectivity index (χ4n) is 4.29. The highest BCUT2D eigenvalue weighted by atomic mass is 32.1. The van der Waals surface area contributed by atoms with Crippen LogP contribution in [-0.2, 0) is 6.54 Å². The summed E-state index contributed by atoms with van der Waals surface area (Å²) in [5.41, 5.74) is 4.12. The maximum Gasteiger partial charge on any atom is 0.169 e. The summed E-state index contributed by atoms with van der Waals surface area (Å²) in [6.07, 6.45) is 0. The summed E-state index contributed by atoms with van der Waals surface area (Å²) >= 11 is 1.75. The minimum absolute atomic E-state index is 0.228. The maximum absolute atomic E-state index is 4.45. The van der Waals surface area contributed by atoms with Crippen LogP contribution < -0.4 is 4.90 Å². The highest BCUT2D eigenvalue weighted by Gasteiger charge is 2.31. The zero-order chi connectivity index (χ0) is 20.4. The topological polar surface area (TPSA) is 50.1 Å². The first kappa shape index (κ1) is 20.0. The number of aromatic nitrogens is 4. The molecule has 29 heavy (non-hydrogen) atoms. The third-order valence-electron chi connectivity index (χ3n) is 5.97. The first-order valence-corrected chi connectivity index (χ1v) is 11.3. The van der Waals surface area contributed by atoms with Gasteiger partial charge >= 0.3 is 0 Å². The van der Waals surface area contributed by atoms with Gasteiger partial charge in [-0.3, -0.25) is 4.90 Å². The number of hydrogen-bond donors (Lipinski definition) is 0. The van der Waals surface area contributed by atoms with E-state index in [0.29, 0.717) is 5.92 Å². The number of tetrazole rings is 1. The molecule has 1 fully saturated rings. The first-order chi connectivity index (χ1) is 14.0. The second-order valence-electron chi connectivity index (χ2n) is 8.21. The lowest BCUT2D eigenvalue weighted by Crippen LogP contribution is -2.49. The lowest BCUT2D eigenvalue weighted by atomic mass is 10.00. The molecule has 0 saturated carbocycles. The number of benzene rings is 1. The molecule has 1 aliphatic heterocycles. The summed E-state index contributed by atoms with van der Waals surface area (Å²) in [6.45, 7) is 13.8. The van der Waals surface area contributed by atoms with E-state index < -0.39 is 0 Å². The van der Waals surface area contributed by atoms with Gasteiger partial charge in [0.15, 0.2) is 5.82 Å². The van der Waals surface area contributed by atoms with Gasteiger partial charge in [-0.25, -0.2) is 4.68 Å². The van der Waals surface area contributed by atoms with Crippen LogP contribution in [0.3, 0.4) is 0 Å². The van der Waals surface area contributed by atoms with Crippen LogP contribution in [0.25, 0.3) is 0 Å². The predicted molar refractivity (Wildman–Crippen MR) is 119 cm³/mol. The Hall–Kier alpha value is -2.25. The molecule has 0 amide bonds. The molecule has 0 N–H and O–H groups in total. The number of aryl methyl sites for hydroxylation is 1. The van der Waals surface area contributed by atoms with E-state index in [9.17, 15) is 0 Å². The van der Waals surface area contributed by atoms with Gasteiger partial charge in [-0.1, -0.05) is 32.0 Å². The standard InChI is InChI=1S/C22H30N6S/c1-16(2)21(22-23-24-25-28(22)15-19-8-6-14-29-19)27-12-10-26(11-13-27)20-9-5-7-17(3)18(20)4/h5-9,14,16,21H,10-13,15H2,1-4H3/t21-/m1/s1. The summed E-state index contributed by atoms with van der Waals surface area (Å²) < 4.78 is 1.98. The molecule has 154 valence electrons. The smallest absolute Gasteiger partial charge is 0.169 e. The molecule has 1 aromatic carbocycles. The summed E-state index contributed by atoms with van der Waals surface area (Å²) in [5, 5.41) is 14.9. The van der Waals surface area contributed by atoms with Gasteiger partial charge in [0.1, 0.15) is 0 Å². The third-order valence-corrected chi connectivity index (χ3v) is 6.83. The van der Waals surface area contributed by atoms with Crippen molar-refractivity contribution in [2.24, 2.45) is 5.92 Å². The molecule has 2 aromatic heterocycles. The molecule has 6 nitrogen and oxygen atoms in total. The van der Waals surface area contributed by atoms with E-state index in [0.717, 1.165) is 38.5 Å². The quantitative estimate of drug-likeness (QED) is 0.616. The number of hydrogen-bond acceptors (Lipinski definition) is 6. The Labute approximate surface area is 177 Å². The minimum Gasteiger partial charge on any atom is -0.369 e. The van der Waals surface area contributed by atoms with Gasteiger partial charge in [0, 0.05) is 36.7 Å². The summed E-state index contributed by atoms with van der Waals surface area (Å²) in [6, 6.07) is 11.1. The van der Waals surface area contributed by atoms with E-state index in [1.807, 2.05) is 4.68 Å². The van der Waals surface area contributed by atoms with Crippen LogP contribution in [0.5, 0.6) is 0 Å². The molecule has 4 rings (SSSR count). The van der Waals surface area contributed by atoms with Gasteiger partial charge in [-0.2, -0.15) is 0 Å². The Bertz CT molecular complexity index is 925. The van der Waals surface area contributed by atoms with Crippen molar-refractivity contribution in [3.63, 3.8) is 0 Å². The molecule has 1 saturated heterocycles. The molecule has 7 heteroatoms. The highest BCUT2D eigenvalue weighted by Crippen LogP contribution is 2.30. The molecular formula is C22H30N6S. The number of nitrogens with zero attached hydrogens (tertiary/aromatic N) is 6. The number of piperazine rings is 1. The second kappa shape index (κ2) is 8.63. The summed E-state index contributed by atoms with van der Waals surface area (Å²) in [7, 11) is 0. The van der Waals surface area contributed by atoms with E-state index in [1.54, 1.807) is 11.3 Å². The average Bonchev–Trinajstić information content (AvgIpc) is 3.38. The molecule has 1 aliphatic rings. The predicted octanol–water partition coefficient (Wildman–Crippen LogP) is 3.92. The highest BCUT2D eigenvalue weighted by molar-refractivity contribution is 7.09. The van der Waals surface area contributed by atoms with Crippen LogP contribution in [-0.4, -0.2) is 51.3 Å². The normalized spacial score (nSPS) is 16.5. The maximum atomic E-state index is 4.45. The van der Waals surface area contributed by atoms with E-state index in [1.165, 1.54) is 21.7 Å². The molecule has 3 aromatic rings. The Balaban J connectivity index is 1.50. The van der Waals surface area contributed by atoms with Crippen molar-refractivity contribution in [1.29, 1.82) is 0 Å². The monoisotopic (exact) mass is 410 g/mol. The number of anilines is 1. The summed E-state index contributed by atoms with van der Waals surface area (Å²) in [4.78, 5) is 6.36. The van der Waals surface area contributed by atoms with Crippen LogP contribution in [0.2, 0.25) is 0 Å². The Morgan fingerprint density at radius 3 is 2.52 bits per heavy atom. The molecule has 0 unspecified atom stereocenters. The van der Waals surface area contributed by atoms with E-state index >= 15 is 0 Å². The lowest BCUT2D eigenvalue weighted by molar-refractivity contribution is 0.135. The Morgan fingerprint density at radius 2 is 1.83 bits per heavy atom. The van der Waals surface area contributed by atoms with E-state index in [2.05, 4.69) is 88.7 Å². The van der Waals surface area contributed by atoms with Gasteiger partial charge in [0.05, 0.1) is 12.6 Å². The van der Waals surface area contributed by atoms with Crippen LogP contribution >= 0.6 is 11.3 Å². The molecule has 0 bridgehead atoms. The molecule has 1 atom stereocenters. The molecule has 0 aliphatic carbocycles. The number of thiophene rings is 1. The van der Waals surface area contributed by atoms with Gasteiger partial charge < -0.3 is 4.90 Å². The van der Waals surface area contributed by atoms with Crippen LogP contribution in [0.4, 0.5) is 5.69 Å². The van der Waals surface area contributed by atoms with Crippen molar-refractivity contribution in [1.82, 2.24) is 25.1 Å². The van der Waals surface area contributed by atoms with Crippen molar-refractivity contribution >= 4 is 17.0 Å². The second-order valence-corrected chi connectivity index (χ2v) is 9.24. The Kier molecular flexibility index (Phi) is 5.96. The van der Waals surface area contributed by atoms with Crippen molar-refractivity contribution in [2.75, 3.05) is 31.1 Å². The minimum atomic E-state index is 0.228. The SMILES string of the molecule is Cc1cccc(N2CCN([C@@H](c3nnnn3Cc3cccs3)C(C)C)CC2)c1C. The van der Waals surface area contributed by atoms with Crippen LogP contribution in [0.15, 0.2) is 35.7 Å². The average molecular weight is 411 g/mol. The van der Waals surface area contributed by atoms with Crippen molar-refractivity contribution in [3.05, 3.63) is 57.5 Å².